The minimum absolute atomic E-state index is 0.115. The summed E-state index contributed by atoms with van der Waals surface area (Å²) in [5.41, 5.74) is 1.41. The number of para-hydroxylation sites is 1. The van der Waals surface area contributed by atoms with Crippen LogP contribution in [0.5, 0.6) is 17.2 Å². The van der Waals surface area contributed by atoms with Gasteiger partial charge in [-0.3, -0.25) is 0 Å². The molecule has 0 radical (unpaired) electrons. The third-order valence-electron chi connectivity index (χ3n) is 3.07. The summed E-state index contributed by atoms with van der Waals surface area (Å²) in [6.07, 6.45) is 0. The van der Waals surface area contributed by atoms with Crippen molar-refractivity contribution in [2.75, 3.05) is 0 Å². The molecule has 19 heavy (non-hydrogen) atoms. The van der Waals surface area contributed by atoms with Gasteiger partial charge in [0.2, 0.25) is 0 Å². The molecule has 0 aliphatic rings. The molecule has 2 aromatic carbocycles. The summed E-state index contributed by atoms with van der Waals surface area (Å²) in [5.74, 6) is 0.487. The average molecular weight is 259 g/mol. The summed E-state index contributed by atoms with van der Waals surface area (Å²) in [5, 5.41) is 32.0. The molecule has 0 aliphatic heterocycles. The molecule has 0 saturated heterocycles. The van der Waals surface area contributed by atoms with Crippen LogP contribution in [0, 0.1) is 0 Å². The quantitative estimate of drug-likeness (QED) is 0.637. The van der Waals surface area contributed by atoms with Crippen LogP contribution in [-0.4, -0.2) is 15.3 Å². The van der Waals surface area contributed by atoms with E-state index in [-0.39, 0.29) is 23.3 Å². The van der Waals surface area contributed by atoms with Gasteiger partial charge in [-0.15, -0.1) is 0 Å². The first-order chi connectivity index (χ1) is 9.08. The Kier molecular flexibility index (Phi) is 3.92. The van der Waals surface area contributed by atoms with Crippen LogP contribution in [0.1, 0.15) is 24.1 Å². The van der Waals surface area contributed by atoms with Crippen LogP contribution in [0.3, 0.4) is 0 Å². The van der Waals surface area contributed by atoms with Crippen LogP contribution >= 0.6 is 0 Å². The van der Waals surface area contributed by atoms with Crippen molar-refractivity contribution in [2.45, 2.75) is 19.5 Å². The third kappa shape index (κ3) is 3.17. The average Bonchev–Trinajstić information content (AvgIpc) is 2.40. The fourth-order valence-electron chi connectivity index (χ4n) is 1.92. The van der Waals surface area contributed by atoms with Crippen molar-refractivity contribution < 1.29 is 15.3 Å². The Morgan fingerprint density at radius 3 is 2.47 bits per heavy atom. The second-order valence-corrected chi connectivity index (χ2v) is 4.47. The molecule has 0 heterocycles. The zero-order chi connectivity index (χ0) is 13.8. The van der Waals surface area contributed by atoms with Crippen molar-refractivity contribution >= 4 is 0 Å². The normalized spacial score (nSPS) is 12.3. The van der Waals surface area contributed by atoms with Gasteiger partial charge in [-0.1, -0.05) is 18.2 Å². The number of aromatic hydroxyl groups is 3. The number of hydrogen-bond acceptors (Lipinski definition) is 4. The van der Waals surface area contributed by atoms with Gasteiger partial charge < -0.3 is 20.6 Å². The zero-order valence-electron chi connectivity index (χ0n) is 10.7. The minimum atomic E-state index is -0.147. The molecule has 0 aliphatic carbocycles. The Balaban J connectivity index is 2.07. The summed E-state index contributed by atoms with van der Waals surface area (Å²) < 4.78 is 0. The predicted octanol–water partition coefficient (Wildman–Crippen LogP) is 2.65. The maximum absolute atomic E-state index is 9.76. The Morgan fingerprint density at radius 1 is 1.00 bits per heavy atom. The van der Waals surface area contributed by atoms with Crippen LogP contribution in [0.4, 0.5) is 0 Å². The largest absolute Gasteiger partial charge is 0.508 e. The molecule has 4 heteroatoms. The van der Waals surface area contributed by atoms with Gasteiger partial charge >= 0.3 is 0 Å². The van der Waals surface area contributed by atoms with Gasteiger partial charge in [-0.25, -0.2) is 0 Å². The van der Waals surface area contributed by atoms with E-state index in [1.165, 1.54) is 18.2 Å². The second kappa shape index (κ2) is 5.63. The van der Waals surface area contributed by atoms with Crippen LogP contribution in [0.2, 0.25) is 0 Å². The number of phenolic OH excluding ortho intramolecular Hbond substituents is 3. The topological polar surface area (TPSA) is 72.7 Å². The lowest BCUT2D eigenvalue weighted by Crippen LogP contribution is -2.18. The van der Waals surface area contributed by atoms with E-state index in [2.05, 4.69) is 5.32 Å². The Labute approximate surface area is 112 Å². The van der Waals surface area contributed by atoms with Crippen molar-refractivity contribution in [3.63, 3.8) is 0 Å². The number of nitrogens with one attached hydrogen (secondary N) is 1. The predicted molar refractivity (Wildman–Crippen MR) is 73.1 cm³/mol. The molecule has 4 nitrogen and oxygen atoms in total. The lowest BCUT2D eigenvalue weighted by Gasteiger charge is -2.16. The van der Waals surface area contributed by atoms with Crippen molar-refractivity contribution in [3.05, 3.63) is 53.6 Å². The first kappa shape index (κ1) is 13.2. The van der Waals surface area contributed by atoms with Crippen LogP contribution < -0.4 is 5.32 Å². The Bertz CT molecular complexity index is 569. The first-order valence-corrected chi connectivity index (χ1v) is 6.10. The highest BCUT2D eigenvalue weighted by molar-refractivity contribution is 5.40. The van der Waals surface area contributed by atoms with E-state index >= 15 is 0 Å². The molecule has 0 aromatic heterocycles. The van der Waals surface area contributed by atoms with Crippen LogP contribution in [-0.2, 0) is 6.54 Å². The van der Waals surface area contributed by atoms with Crippen molar-refractivity contribution in [1.82, 2.24) is 5.32 Å². The van der Waals surface area contributed by atoms with Gasteiger partial charge in [0, 0.05) is 23.7 Å². The van der Waals surface area contributed by atoms with E-state index in [4.69, 9.17) is 0 Å². The van der Waals surface area contributed by atoms with E-state index < -0.39 is 0 Å². The number of phenols is 3. The number of benzene rings is 2. The highest BCUT2D eigenvalue weighted by Gasteiger charge is 2.11. The first-order valence-electron chi connectivity index (χ1n) is 6.10. The van der Waals surface area contributed by atoms with Crippen LogP contribution in [0.15, 0.2) is 42.5 Å². The van der Waals surface area contributed by atoms with Gasteiger partial charge in [0.05, 0.1) is 0 Å². The molecule has 0 amide bonds. The lowest BCUT2D eigenvalue weighted by atomic mass is 10.1. The fourth-order valence-corrected chi connectivity index (χ4v) is 1.92. The summed E-state index contributed by atoms with van der Waals surface area (Å²) in [4.78, 5) is 0. The molecule has 0 spiro atoms. The van der Waals surface area contributed by atoms with E-state index in [0.717, 1.165) is 5.56 Å². The van der Waals surface area contributed by atoms with Gasteiger partial charge in [-0.05, 0) is 31.2 Å². The molecule has 0 fully saturated rings. The van der Waals surface area contributed by atoms with Gasteiger partial charge in [0.25, 0.3) is 0 Å². The maximum atomic E-state index is 9.76. The highest BCUT2D eigenvalue weighted by Crippen LogP contribution is 2.28. The van der Waals surface area contributed by atoms with Crippen molar-refractivity contribution in [1.29, 1.82) is 0 Å². The molecule has 0 bridgehead atoms. The summed E-state index contributed by atoms with van der Waals surface area (Å²) in [6, 6.07) is 11.4. The van der Waals surface area contributed by atoms with Gasteiger partial charge in [-0.2, -0.15) is 0 Å². The molecule has 0 saturated carbocycles. The van der Waals surface area contributed by atoms with Gasteiger partial charge in [0.15, 0.2) is 0 Å². The molecule has 100 valence electrons. The maximum Gasteiger partial charge on any atom is 0.120 e. The monoisotopic (exact) mass is 259 g/mol. The second-order valence-electron chi connectivity index (χ2n) is 4.47. The standard InChI is InChI=1S/C15H17NO3/c1-10(13-8-12(17)6-7-15(13)19)16-9-11-4-2-3-5-14(11)18/h2-8,10,16-19H,9H2,1H3. The molecule has 4 N–H and O–H groups in total. The zero-order valence-corrected chi connectivity index (χ0v) is 10.7. The summed E-state index contributed by atoms with van der Waals surface area (Å²) in [6.45, 7) is 2.36. The third-order valence-corrected chi connectivity index (χ3v) is 3.07. The fraction of sp³-hybridized carbons (Fsp3) is 0.200. The number of rotatable bonds is 4. The summed E-state index contributed by atoms with van der Waals surface area (Å²) in [7, 11) is 0. The molecule has 1 unspecified atom stereocenters. The highest BCUT2D eigenvalue weighted by atomic mass is 16.3. The van der Waals surface area contributed by atoms with Crippen LogP contribution in [0.25, 0.3) is 0 Å². The minimum Gasteiger partial charge on any atom is -0.508 e. The molecule has 1 atom stereocenters. The lowest BCUT2D eigenvalue weighted by molar-refractivity contribution is 0.437. The van der Waals surface area contributed by atoms with E-state index in [1.807, 2.05) is 19.1 Å². The molecule has 2 aromatic rings. The summed E-state index contributed by atoms with van der Waals surface area (Å²) >= 11 is 0. The SMILES string of the molecule is CC(NCc1ccccc1O)c1cc(O)ccc1O. The van der Waals surface area contributed by atoms with E-state index in [0.29, 0.717) is 12.1 Å². The van der Waals surface area contributed by atoms with Crippen molar-refractivity contribution in [2.24, 2.45) is 0 Å². The molecular formula is C15H17NO3. The molecular weight excluding hydrogens is 242 g/mol. The van der Waals surface area contributed by atoms with Gasteiger partial charge in [0.1, 0.15) is 17.2 Å². The van der Waals surface area contributed by atoms with E-state index in [1.54, 1.807) is 12.1 Å². The van der Waals surface area contributed by atoms with Crippen molar-refractivity contribution in [3.8, 4) is 17.2 Å². The Hall–Kier alpha value is -2.20. The Morgan fingerprint density at radius 2 is 1.74 bits per heavy atom. The number of hydrogen-bond donors (Lipinski definition) is 4. The smallest absolute Gasteiger partial charge is 0.120 e. The van der Waals surface area contributed by atoms with E-state index in [9.17, 15) is 15.3 Å². The molecule has 2 rings (SSSR count).